The van der Waals surface area contributed by atoms with Gasteiger partial charge >= 0.3 is 0 Å². The average molecular weight is 248 g/mol. The highest BCUT2D eigenvalue weighted by Crippen LogP contribution is 2.06. The third-order valence-corrected chi connectivity index (χ3v) is 2.66. The van der Waals surface area contributed by atoms with E-state index < -0.39 is 0 Å². The summed E-state index contributed by atoms with van der Waals surface area (Å²) in [5.41, 5.74) is 0. The van der Waals surface area contributed by atoms with Crippen LogP contribution in [0.5, 0.6) is 0 Å². The number of hydrogen-bond donors (Lipinski definition) is 1. The minimum absolute atomic E-state index is 0.301. The van der Waals surface area contributed by atoms with Gasteiger partial charge in [0.15, 0.2) is 0 Å². The lowest BCUT2D eigenvalue weighted by Gasteiger charge is -2.03. The second kappa shape index (κ2) is 14.0. The van der Waals surface area contributed by atoms with Gasteiger partial charge in [-0.2, -0.15) is 0 Å². The first kappa shape index (κ1) is 16.9. The molecule has 0 fully saturated rings. The highest BCUT2D eigenvalue weighted by Gasteiger charge is 1.97. The van der Waals surface area contributed by atoms with Crippen LogP contribution in [0.15, 0.2) is 49.1 Å². The minimum Gasteiger partial charge on any atom is -0.389 e. The molecule has 0 saturated heterocycles. The SMILES string of the molecule is C=CCCCCC[C@@H](O)/C=C/C=C\C/C=C\CC. The molecule has 0 aliphatic heterocycles. The molecule has 1 atom stereocenters. The van der Waals surface area contributed by atoms with Crippen LogP contribution < -0.4 is 0 Å². The fraction of sp³-hybridized carbons (Fsp3) is 0.529. The van der Waals surface area contributed by atoms with E-state index in [1.165, 1.54) is 12.8 Å². The summed E-state index contributed by atoms with van der Waals surface area (Å²) in [6.07, 6.45) is 21.3. The molecule has 0 aromatic carbocycles. The van der Waals surface area contributed by atoms with E-state index in [4.69, 9.17) is 0 Å². The van der Waals surface area contributed by atoms with Crippen LogP contribution in [-0.4, -0.2) is 11.2 Å². The van der Waals surface area contributed by atoms with E-state index in [1.54, 1.807) is 0 Å². The predicted molar refractivity (Wildman–Crippen MR) is 81.6 cm³/mol. The van der Waals surface area contributed by atoms with Crippen molar-refractivity contribution in [2.24, 2.45) is 0 Å². The van der Waals surface area contributed by atoms with Gasteiger partial charge in [-0.05, 0) is 32.1 Å². The maximum Gasteiger partial charge on any atom is 0.0723 e. The maximum atomic E-state index is 9.69. The lowest BCUT2D eigenvalue weighted by atomic mass is 10.1. The van der Waals surface area contributed by atoms with E-state index in [-0.39, 0.29) is 6.10 Å². The monoisotopic (exact) mass is 248 g/mol. The number of hydrogen-bond acceptors (Lipinski definition) is 1. The van der Waals surface area contributed by atoms with Crippen molar-refractivity contribution in [2.45, 2.75) is 58.0 Å². The van der Waals surface area contributed by atoms with E-state index in [0.29, 0.717) is 0 Å². The molecule has 1 N–H and O–H groups in total. The molecule has 0 unspecified atom stereocenters. The predicted octanol–water partition coefficient (Wildman–Crippen LogP) is 4.95. The first-order chi connectivity index (χ1) is 8.81. The Morgan fingerprint density at radius 2 is 1.89 bits per heavy atom. The second-order valence-electron chi connectivity index (χ2n) is 4.42. The van der Waals surface area contributed by atoms with E-state index in [0.717, 1.165) is 32.1 Å². The molecular formula is C17H28O. The van der Waals surface area contributed by atoms with Crippen LogP contribution in [0, 0.1) is 0 Å². The number of aliphatic hydroxyl groups is 1. The quantitative estimate of drug-likeness (QED) is 0.311. The Hall–Kier alpha value is -1.08. The van der Waals surface area contributed by atoms with Crippen LogP contribution in [0.25, 0.3) is 0 Å². The van der Waals surface area contributed by atoms with Gasteiger partial charge in [-0.1, -0.05) is 62.3 Å². The smallest absolute Gasteiger partial charge is 0.0723 e. The lowest BCUT2D eigenvalue weighted by Crippen LogP contribution is -2.00. The van der Waals surface area contributed by atoms with Gasteiger partial charge in [0.2, 0.25) is 0 Å². The topological polar surface area (TPSA) is 20.2 Å². The number of allylic oxidation sites excluding steroid dienone is 6. The van der Waals surface area contributed by atoms with Crippen LogP contribution in [-0.2, 0) is 0 Å². The van der Waals surface area contributed by atoms with Gasteiger partial charge in [0.1, 0.15) is 0 Å². The van der Waals surface area contributed by atoms with Crippen molar-refractivity contribution in [2.75, 3.05) is 0 Å². The second-order valence-corrected chi connectivity index (χ2v) is 4.42. The van der Waals surface area contributed by atoms with Crippen LogP contribution in [0.3, 0.4) is 0 Å². The summed E-state index contributed by atoms with van der Waals surface area (Å²) in [5.74, 6) is 0. The van der Waals surface area contributed by atoms with Crippen molar-refractivity contribution in [3.63, 3.8) is 0 Å². The van der Waals surface area contributed by atoms with Gasteiger partial charge in [0, 0.05) is 0 Å². The largest absolute Gasteiger partial charge is 0.389 e. The van der Waals surface area contributed by atoms with Gasteiger partial charge in [0.25, 0.3) is 0 Å². The molecule has 18 heavy (non-hydrogen) atoms. The zero-order valence-electron chi connectivity index (χ0n) is 11.7. The molecule has 0 bridgehead atoms. The normalized spacial score (nSPS) is 13.9. The van der Waals surface area contributed by atoms with Crippen molar-refractivity contribution >= 4 is 0 Å². The zero-order valence-corrected chi connectivity index (χ0v) is 11.7. The average Bonchev–Trinajstić information content (AvgIpc) is 2.37. The highest BCUT2D eigenvalue weighted by molar-refractivity contribution is 5.06. The maximum absolute atomic E-state index is 9.69. The molecule has 0 saturated carbocycles. The molecule has 0 spiro atoms. The van der Waals surface area contributed by atoms with Gasteiger partial charge in [-0.3, -0.25) is 0 Å². The molecule has 0 aromatic rings. The summed E-state index contributed by atoms with van der Waals surface area (Å²) in [6, 6.07) is 0. The van der Waals surface area contributed by atoms with Crippen molar-refractivity contribution in [1.29, 1.82) is 0 Å². The Kier molecular flexibility index (Phi) is 13.1. The summed E-state index contributed by atoms with van der Waals surface area (Å²) < 4.78 is 0. The molecule has 1 nitrogen and oxygen atoms in total. The van der Waals surface area contributed by atoms with E-state index in [2.05, 4.69) is 31.7 Å². The Labute approximate surface area is 113 Å². The fourth-order valence-electron chi connectivity index (χ4n) is 1.61. The van der Waals surface area contributed by atoms with Crippen molar-refractivity contribution in [3.8, 4) is 0 Å². The van der Waals surface area contributed by atoms with E-state index >= 15 is 0 Å². The molecule has 0 aliphatic carbocycles. The molecular weight excluding hydrogens is 220 g/mol. The lowest BCUT2D eigenvalue weighted by molar-refractivity contribution is 0.208. The summed E-state index contributed by atoms with van der Waals surface area (Å²) >= 11 is 0. The Balaban J connectivity index is 3.51. The molecule has 0 aromatic heterocycles. The molecule has 0 rings (SSSR count). The van der Waals surface area contributed by atoms with Gasteiger partial charge in [-0.15, -0.1) is 6.58 Å². The molecule has 0 amide bonds. The van der Waals surface area contributed by atoms with E-state index in [1.807, 2.05) is 24.3 Å². The van der Waals surface area contributed by atoms with Crippen molar-refractivity contribution in [3.05, 3.63) is 49.1 Å². The standard InChI is InChI=1S/C17H28O/c1-3-5-7-9-10-12-14-16-17(18)15-13-11-8-6-4-2/h4-5,7,10,12,14,16-18H,2-3,6,8-9,11,13,15H2,1H3/b7-5-,12-10-,16-14+/t17-/m1/s1. The van der Waals surface area contributed by atoms with Gasteiger partial charge in [-0.25, -0.2) is 0 Å². The third kappa shape index (κ3) is 13.0. The number of rotatable bonds is 11. The highest BCUT2D eigenvalue weighted by atomic mass is 16.3. The van der Waals surface area contributed by atoms with Crippen molar-refractivity contribution < 1.29 is 5.11 Å². The molecule has 102 valence electrons. The van der Waals surface area contributed by atoms with Crippen LogP contribution in [0.1, 0.15) is 51.9 Å². The minimum atomic E-state index is -0.301. The van der Waals surface area contributed by atoms with Crippen LogP contribution >= 0.6 is 0 Å². The van der Waals surface area contributed by atoms with Crippen LogP contribution in [0.2, 0.25) is 0 Å². The van der Waals surface area contributed by atoms with Gasteiger partial charge < -0.3 is 5.11 Å². The number of aliphatic hydroxyl groups excluding tert-OH is 1. The summed E-state index contributed by atoms with van der Waals surface area (Å²) in [4.78, 5) is 0. The van der Waals surface area contributed by atoms with Gasteiger partial charge in [0.05, 0.1) is 6.10 Å². The molecule has 0 aliphatic rings. The first-order valence-electron chi connectivity index (χ1n) is 7.08. The van der Waals surface area contributed by atoms with Crippen molar-refractivity contribution in [1.82, 2.24) is 0 Å². The van der Waals surface area contributed by atoms with E-state index in [9.17, 15) is 5.11 Å². The number of unbranched alkanes of at least 4 members (excludes halogenated alkanes) is 3. The molecule has 0 radical (unpaired) electrons. The fourth-order valence-corrected chi connectivity index (χ4v) is 1.61. The third-order valence-electron chi connectivity index (χ3n) is 2.66. The molecule has 1 heteroatoms. The Bertz CT molecular complexity index is 261. The summed E-state index contributed by atoms with van der Waals surface area (Å²) in [6.45, 7) is 5.83. The molecule has 0 heterocycles. The zero-order chi connectivity index (χ0) is 13.5. The summed E-state index contributed by atoms with van der Waals surface area (Å²) in [7, 11) is 0. The summed E-state index contributed by atoms with van der Waals surface area (Å²) in [5, 5.41) is 9.69. The first-order valence-corrected chi connectivity index (χ1v) is 7.08. The van der Waals surface area contributed by atoms with Crippen LogP contribution in [0.4, 0.5) is 0 Å². The Morgan fingerprint density at radius 1 is 1.06 bits per heavy atom. The Morgan fingerprint density at radius 3 is 2.61 bits per heavy atom.